The van der Waals surface area contributed by atoms with Crippen LogP contribution in [0.15, 0.2) is 24.7 Å². The van der Waals surface area contributed by atoms with Crippen molar-refractivity contribution in [3.63, 3.8) is 0 Å². The minimum absolute atomic E-state index is 0.458. The summed E-state index contributed by atoms with van der Waals surface area (Å²) in [6.45, 7) is 2.86. The molecule has 0 bridgehead atoms. The van der Waals surface area contributed by atoms with Gasteiger partial charge in [0.1, 0.15) is 0 Å². The van der Waals surface area contributed by atoms with Crippen molar-refractivity contribution < 1.29 is 10.0 Å². The summed E-state index contributed by atoms with van der Waals surface area (Å²) in [6.07, 6.45) is 5.70. The van der Waals surface area contributed by atoms with E-state index in [4.69, 9.17) is 0 Å². The van der Waals surface area contributed by atoms with E-state index >= 15 is 0 Å². The Morgan fingerprint density at radius 1 is 1.47 bits per heavy atom. The van der Waals surface area contributed by atoms with Crippen molar-refractivity contribution in [3.8, 4) is 5.75 Å². The number of hydrogen-bond acceptors (Lipinski definition) is 6. The average molecular weight is 263 g/mol. The summed E-state index contributed by atoms with van der Waals surface area (Å²) in [4.78, 5) is 13.4. The van der Waals surface area contributed by atoms with E-state index in [0.717, 1.165) is 18.7 Å². The second-order valence-corrected chi connectivity index (χ2v) is 3.94. The van der Waals surface area contributed by atoms with Gasteiger partial charge in [-0.2, -0.15) is 5.10 Å². The maximum atomic E-state index is 10.5. The number of aryl methyl sites for hydroxylation is 1. The first-order valence-electron chi connectivity index (χ1n) is 5.73. The number of aromatic hydroxyl groups is 1. The van der Waals surface area contributed by atoms with E-state index in [-0.39, 0.29) is 0 Å². The fourth-order valence-electron chi connectivity index (χ4n) is 1.60. The summed E-state index contributed by atoms with van der Waals surface area (Å²) in [6, 6.07) is 1.25. The first-order valence-corrected chi connectivity index (χ1v) is 5.73. The Bertz CT molecular complexity index is 596. The summed E-state index contributed by atoms with van der Waals surface area (Å²) in [7, 11) is 0. The van der Waals surface area contributed by atoms with Crippen molar-refractivity contribution in [1.29, 1.82) is 0 Å². The molecule has 0 aliphatic carbocycles. The Balaban J connectivity index is 2.14. The monoisotopic (exact) mass is 263 g/mol. The highest BCUT2D eigenvalue weighted by Gasteiger charge is 2.15. The second-order valence-electron chi connectivity index (χ2n) is 3.94. The lowest BCUT2D eigenvalue weighted by atomic mass is 10.3. The molecule has 2 aromatic rings. The number of anilines is 2. The van der Waals surface area contributed by atoms with Gasteiger partial charge in [0.2, 0.25) is 5.75 Å². The molecular weight excluding hydrogens is 250 g/mol. The van der Waals surface area contributed by atoms with Crippen molar-refractivity contribution in [3.05, 3.63) is 34.8 Å². The number of nitrogens with zero attached hydrogens (tertiary/aromatic N) is 4. The van der Waals surface area contributed by atoms with Gasteiger partial charge in [-0.15, -0.1) is 0 Å². The molecule has 0 fully saturated rings. The predicted octanol–water partition coefficient (Wildman–Crippen LogP) is 2.05. The largest absolute Gasteiger partial charge is 0.501 e. The van der Waals surface area contributed by atoms with Crippen LogP contribution in [-0.2, 0) is 6.54 Å². The van der Waals surface area contributed by atoms with Crippen LogP contribution in [0, 0.1) is 10.1 Å². The number of nitrogens with one attached hydrogen (secondary N) is 1. The van der Waals surface area contributed by atoms with Crippen LogP contribution in [0.2, 0.25) is 0 Å². The first kappa shape index (κ1) is 12.8. The van der Waals surface area contributed by atoms with Crippen molar-refractivity contribution in [1.82, 2.24) is 14.8 Å². The summed E-state index contributed by atoms with van der Waals surface area (Å²) < 4.78 is 1.78. The molecule has 0 radical (unpaired) electrons. The zero-order chi connectivity index (χ0) is 13.8. The molecule has 0 aliphatic heterocycles. The molecule has 0 aliphatic rings. The van der Waals surface area contributed by atoms with Crippen molar-refractivity contribution in [2.24, 2.45) is 0 Å². The molecule has 0 amide bonds. The van der Waals surface area contributed by atoms with Crippen molar-refractivity contribution >= 4 is 17.2 Å². The molecule has 0 spiro atoms. The van der Waals surface area contributed by atoms with Crippen LogP contribution in [0.3, 0.4) is 0 Å². The Labute approximate surface area is 108 Å². The number of hydrogen-bond donors (Lipinski definition) is 2. The van der Waals surface area contributed by atoms with E-state index < -0.39 is 16.5 Å². The molecule has 2 aromatic heterocycles. The fourth-order valence-corrected chi connectivity index (χ4v) is 1.60. The summed E-state index contributed by atoms with van der Waals surface area (Å²) in [5.74, 6) is -1.04. The maximum absolute atomic E-state index is 10.5. The van der Waals surface area contributed by atoms with E-state index in [0.29, 0.717) is 5.69 Å². The zero-order valence-electron chi connectivity index (χ0n) is 10.3. The van der Waals surface area contributed by atoms with Gasteiger partial charge in [-0.1, -0.05) is 6.92 Å². The molecule has 0 saturated heterocycles. The highest BCUT2D eigenvalue weighted by atomic mass is 16.6. The predicted molar refractivity (Wildman–Crippen MR) is 68.4 cm³/mol. The van der Waals surface area contributed by atoms with E-state index in [2.05, 4.69) is 15.4 Å². The van der Waals surface area contributed by atoms with Gasteiger partial charge in [0.05, 0.1) is 17.6 Å². The average Bonchev–Trinajstić information content (AvgIpc) is 2.76. The van der Waals surface area contributed by atoms with E-state index in [1.807, 2.05) is 13.1 Å². The van der Waals surface area contributed by atoms with Crippen LogP contribution < -0.4 is 5.32 Å². The second kappa shape index (κ2) is 5.34. The highest BCUT2D eigenvalue weighted by Crippen LogP contribution is 2.27. The van der Waals surface area contributed by atoms with Crippen molar-refractivity contribution in [2.45, 2.75) is 19.9 Å². The molecule has 19 heavy (non-hydrogen) atoms. The SMILES string of the molecule is CCCn1cc(Nc2cnc([N+](=O)[O-])c(O)c2)cn1. The van der Waals surface area contributed by atoms with Gasteiger partial charge in [-0.05, 0) is 16.3 Å². The smallest absolute Gasteiger partial charge is 0.406 e. The zero-order valence-corrected chi connectivity index (χ0v) is 10.3. The number of nitro groups is 1. The third kappa shape index (κ3) is 2.97. The van der Waals surface area contributed by atoms with E-state index in [1.54, 1.807) is 10.9 Å². The minimum Gasteiger partial charge on any atom is -0.501 e. The van der Waals surface area contributed by atoms with Gasteiger partial charge >= 0.3 is 5.82 Å². The summed E-state index contributed by atoms with van der Waals surface area (Å²) >= 11 is 0. The molecule has 2 rings (SSSR count). The molecule has 0 aromatic carbocycles. The van der Waals surface area contributed by atoms with Crippen LogP contribution in [0.1, 0.15) is 13.3 Å². The number of aromatic nitrogens is 3. The molecule has 2 heterocycles. The quantitative estimate of drug-likeness (QED) is 0.631. The Morgan fingerprint density at radius 2 is 2.26 bits per heavy atom. The van der Waals surface area contributed by atoms with Gasteiger partial charge < -0.3 is 20.5 Å². The standard InChI is InChI=1S/C11H13N5O3/c1-2-3-15-7-9(6-13-15)14-8-4-10(17)11(12-5-8)16(18)19/h4-7,14,17H,2-3H2,1H3. The van der Waals surface area contributed by atoms with Gasteiger partial charge in [-0.3, -0.25) is 4.68 Å². The molecule has 0 atom stereocenters. The molecular formula is C11H13N5O3. The van der Waals surface area contributed by atoms with Crippen LogP contribution in [0.4, 0.5) is 17.2 Å². The highest BCUT2D eigenvalue weighted by molar-refractivity contribution is 5.60. The first-order chi connectivity index (χ1) is 9.10. The van der Waals surface area contributed by atoms with E-state index in [1.165, 1.54) is 12.3 Å². The van der Waals surface area contributed by atoms with Crippen LogP contribution in [0.5, 0.6) is 5.75 Å². The van der Waals surface area contributed by atoms with Gasteiger partial charge in [0.25, 0.3) is 0 Å². The molecule has 0 unspecified atom stereocenters. The van der Waals surface area contributed by atoms with Crippen LogP contribution in [0.25, 0.3) is 0 Å². The number of rotatable bonds is 5. The summed E-state index contributed by atoms with van der Waals surface area (Å²) in [5.41, 5.74) is 1.18. The molecule has 100 valence electrons. The molecule has 8 heteroatoms. The third-order valence-electron chi connectivity index (χ3n) is 2.39. The van der Waals surface area contributed by atoms with Crippen LogP contribution in [-0.4, -0.2) is 24.8 Å². The van der Waals surface area contributed by atoms with E-state index in [9.17, 15) is 15.2 Å². The molecule has 8 nitrogen and oxygen atoms in total. The third-order valence-corrected chi connectivity index (χ3v) is 2.39. The Morgan fingerprint density at radius 3 is 2.89 bits per heavy atom. The molecule has 0 saturated carbocycles. The topological polar surface area (TPSA) is 106 Å². The Kier molecular flexibility index (Phi) is 3.60. The Hall–Kier alpha value is -2.64. The lowest BCUT2D eigenvalue weighted by molar-refractivity contribution is -0.390. The minimum atomic E-state index is -0.738. The normalized spacial score (nSPS) is 10.4. The van der Waals surface area contributed by atoms with Crippen molar-refractivity contribution in [2.75, 3.05) is 5.32 Å². The van der Waals surface area contributed by atoms with Gasteiger partial charge in [0, 0.05) is 18.8 Å². The maximum Gasteiger partial charge on any atom is 0.406 e. The van der Waals surface area contributed by atoms with Gasteiger partial charge in [0.15, 0.2) is 6.20 Å². The lowest BCUT2D eigenvalue weighted by Crippen LogP contribution is -1.96. The molecule has 2 N–H and O–H groups in total. The lowest BCUT2D eigenvalue weighted by Gasteiger charge is -2.02. The summed E-state index contributed by atoms with van der Waals surface area (Å²) in [5, 5.41) is 27.1. The van der Waals surface area contributed by atoms with Gasteiger partial charge in [-0.25, -0.2) is 0 Å². The fraction of sp³-hybridized carbons (Fsp3) is 0.273. The van der Waals surface area contributed by atoms with Crippen LogP contribution >= 0.6 is 0 Å². The number of pyridine rings is 1.